The lowest BCUT2D eigenvalue weighted by molar-refractivity contribution is -0.177. The Bertz CT molecular complexity index is 232. The van der Waals surface area contributed by atoms with E-state index in [1.807, 2.05) is 0 Å². The Morgan fingerprint density at radius 2 is 1.50 bits per heavy atom. The maximum absolute atomic E-state index is 13.1. The van der Waals surface area contributed by atoms with Crippen LogP contribution in [0.15, 0.2) is 0 Å². The molecule has 0 aliphatic rings. The molecule has 0 spiro atoms. The summed E-state index contributed by atoms with van der Waals surface area (Å²) in [5, 5.41) is 0. The second kappa shape index (κ2) is 6.45. The summed E-state index contributed by atoms with van der Waals surface area (Å²) in [6.45, 7) is 5.49. The van der Waals surface area contributed by atoms with Gasteiger partial charge in [0.15, 0.2) is 5.41 Å². The third-order valence-corrected chi connectivity index (χ3v) is 2.48. The zero-order valence-corrected chi connectivity index (χ0v) is 10.2. The summed E-state index contributed by atoms with van der Waals surface area (Å²) >= 11 is 0. The van der Waals surface area contributed by atoms with Crippen LogP contribution in [0.4, 0.5) is 4.39 Å². The zero-order valence-electron chi connectivity index (χ0n) is 10.2. The van der Waals surface area contributed by atoms with Gasteiger partial charge in [-0.15, -0.1) is 0 Å². The maximum atomic E-state index is 13.1. The van der Waals surface area contributed by atoms with E-state index in [1.165, 1.54) is 0 Å². The van der Waals surface area contributed by atoms with Crippen molar-refractivity contribution in [2.45, 2.75) is 27.7 Å². The van der Waals surface area contributed by atoms with Crippen molar-refractivity contribution in [1.82, 2.24) is 0 Å². The summed E-state index contributed by atoms with van der Waals surface area (Å²) in [6, 6.07) is 0. The summed E-state index contributed by atoms with van der Waals surface area (Å²) in [7, 11) is 0. The van der Waals surface area contributed by atoms with E-state index in [0.717, 1.165) is 0 Å². The van der Waals surface area contributed by atoms with Crippen LogP contribution >= 0.6 is 0 Å². The van der Waals surface area contributed by atoms with Crippen molar-refractivity contribution in [2.24, 2.45) is 11.3 Å². The molecule has 0 amide bonds. The number of ether oxygens (including phenoxy) is 2. The van der Waals surface area contributed by atoms with E-state index >= 15 is 0 Å². The molecule has 0 aliphatic heterocycles. The summed E-state index contributed by atoms with van der Waals surface area (Å²) in [4.78, 5) is 23.4. The average Bonchev–Trinajstić information content (AvgIpc) is 2.19. The van der Waals surface area contributed by atoms with Crippen molar-refractivity contribution in [3.63, 3.8) is 0 Å². The van der Waals surface area contributed by atoms with Gasteiger partial charge in [-0.2, -0.15) is 0 Å². The molecule has 0 radical (unpaired) electrons. The van der Waals surface area contributed by atoms with Gasteiger partial charge in [0.05, 0.1) is 13.2 Å². The predicted octanol–water partition coefficient (Wildman–Crippen LogP) is 1.72. The fourth-order valence-corrected chi connectivity index (χ4v) is 1.34. The van der Waals surface area contributed by atoms with Gasteiger partial charge in [-0.1, -0.05) is 13.8 Å². The van der Waals surface area contributed by atoms with Crippen LogP contribution in [0, 0.1) is 11.3 Å². The molecule has 4 nitrogen and oxygen atoms in total. The fraction of sp³-hybridized carbons (Fsp3) is 0.818. The average molecular weight is 234 g/mol. The number of carbonyl (C=O) groups is 2. The molecule has 0 aromatic rings. The van der Waals surface area contributed by atoms with Gasteiger partial charge in [0.1, 0.15) is 6.67 Å². The Labute approximate surface area is 95.1 Å². The molecule has 0 aliphatic carbocycles. The van der Waals surface area contributed by atoms with E-state index in [4.69, 9.17) is 9.47 Å². The fourth-order valence-electron chi connectivity index (χ4n) is 1.34. The standard InChI is InChI=1S/C11H19FO4/c1-5-15-9(13)11(7-12,8(3)4)10(14)16-6-2/h8H,5-7H2,1-4H3. The van der Waals surface area contributed by atoms with Crippen LogP contribution in [0.1, 0.15) is 27.7 Å². The molecule has 0 aromatic carbocycles. The number of hydrogen-bond donors (Lipinski definition) is 0. The molecule has 0 atom stereocenters. The first-order chi connectivity index (χ1) is 7.47. The van der Waals surface area contributed by atoms with Gasteiger partial charge in [-0.25, -0.2) is 4.39 Å². The molecule has 0 saturated carbocycles. The van der Waals surface area contributed by atoms with E-state index in [9.17, 15) is 14.0 Å². The van der Waals surface area contributed by atoms with E-state index < -0.39 is 29.9 Å². The zero-order chi connectivity index (χ0) is 12.8. The first-order valence-corrected chi connectivity index (χ1v) is 5.37. The third-order valence-electron chi connectivity index (χ3n) is 2.48. The van der Waals surface area contributed by atoms with Crippen molar-refractivity contribution in [2.75, 3.05) is 19.9 Å². The van der Waals surface area contributed by atoms with Gasteiger partial charge >= 0.3 is 11.9 Å². The van der Waals surface area contributed by atoms with E-state index in [2.05, 4.69) is 0 Å². The van der Waals surface area contributed by atoms with E-state index in [-0.39, 0.29) is 13.2 Å². The quantitative estimate of drug-likeness (QED) is 0.518. The van der Waals surface area contributed by atoms with Crippen molar-refractivity contribution in [1.29, 1.82) is 0 Å². The minimum Gasteiger partial charge on any atom is -0.465 e. The molecule has 0 N–H and O–H groups in total. The number of hydrogen-bond acceptors (Lipinski definition) is 4. The second-order valence-corrected chi connectivity index (χ2v) is 3.70. The molecule has 94 valence electrons. The molecule has 16 heavy (non-hydrogen) atoms. The molecule has 0 heterocycles. The Balaban J connectivity index is 5.14. The van der Waals surface area contributed by atoms with Gasteiger partial charge in [-0.3, -0.25) is 9.59 Å². The van der Waals surface area contributed by atoms with Crippen molar-refractivity contribution < 1.29 is 23.5 Å². The summed E-state index contributed by atoms with van der Waals surface area (Å²) in [6.07, 6.45) is 0. The molecule has 0 saturated heterocycles. The molecule has 0 fully saturated rings. The normalized spacial score (nSPS) is 11.4. The highest BCUT2D eigenvalue weighted by atomic mass is 19.1. The minimum absolute atomic E-state index is 0.104. The van der Waals surface area contributed by atoms with Crippen LogP contribution < -0.4 is 0 Å². The summed E-state index contributed by atoms with van der Waals surface area (Å²) in [5.74, 6) is -2.23. The lowest BCUT2D eigenvalue weighted by atomic mass is 9.78. The van der Waals surface area contributed by atoms with E-state index in [1.54, 1.807) is 27.7 Å². The van der Waals surface area contributed by atoms with Crippen LogP contribution in [-0.2, 0) is 19.1 Å². The molecular formula is C11H19FO4. The maximum Gasteiger partial charge on any atom is 0.326 e. The van der Waals surface area contributed by atoms with Crippen molar-refractivity contribution in [3.05, 3.63) is 0 Å². The van der Waals surface area contributed by atoms with Crippen molar-refractivity contribution in [3.8, 4) is 0 Å². The Morgan fingerprint density at radius 3 is 1.69 bits per heavy atom. The monoisotopic (exact) mass is 234 g/mol. The topological polar surface area (TPSA) is 52.6 Å². The summed E-state index contributed by atoms with van der Waals surface area (Å²) in [5.41, 5.74) is -1.83. The number of alkyl halides is 1. The number of carbonyl (C=O) groups excluding carboxylic acids is 2. The number of rotatable bonds is 6. The minimum atomic E-state index is -1.83. The largest absolute Gasteiger partial charge is 0.465 e. The third kappa shape index (κ3) is 2.71. The van der Waals surface area contributed by atoms with E-state index in [0.29, 0.717) is 0 Å². The Kier molecular flexibility index (Phi) is 6.00. The smallest absolute Gasteiger partial charge is 0.326 e. The Hall–Kier alpha value is -1.13. The van der Waals surface area contributed by atoms with Crippen LogP contribution in [0.3, 0.4) is 0 Å². The Morgan fingerprint density at radius 1 is 1.12 bits per heavy atom. The molecular weight excluding hydrogens is 215 g/mol. The second-order valence-electron chi connectivity index (χ2n) is 3.70. The van der Waals surface area contributed by atoms with Gasteiger partial charge < -0.3 is 9.47 Å². The molecule has 0 unspecified atom stereocenters. The van der Waals surface area contributed by atoms with Crippen LogP contribution in [0.25, 0.3) is 0 Å². The SMILES string of the molecule is CCOC(=O)C(CF)(C(=O)OCC)C(C)C. The van der Waals surface area contributed by atoms with Gasteiger partial charge in [0.2, 0.25) is 0 Å². The lowest BCUT2D eigenvalue weighted by Crippen LogP contribution is -2.48. The molecule has 0 rings (SSSR count). The number of esters is 2. The van der Waals surface area contributed by atoms with Crippen LogP contribution in [-0.4, -0.2) is 31.8 Å². The van der Waals surface area contributed by atoms with Gasteiger partial charge in [0.25, 0.3) is 0 Å². The highest BCUT2D eigenvalue weighted by Crippen LogP contribution is 2.31. The van der Waals surface area contributed by atoms with Crippen LogP contribution in [0.2, 0.25) is 0 Å². The highest BCUT2D eigenvalue weighted by molar-refractivity contribution is 6.00. The van der Waals surface area contributed by atoms with Crippen LogP contribution in [0.5, 0.6) is 0 Å². The number of halogens is 1. The summed E-state index contributed by atoms with van der Waals surface area (Å²) < 4.78 is 22.6. The lowest BCUT2D eigenvalue weighted by Gasteiger charge is -2.29. The van der Waals surface area contributed by atoms with Crippen molar-refractivity contribution >= 4 is 11.9 Å². The molecule has 0 bridgehead atoms. The first-order valence-electron chi connectivity index (χ1n) is 5.37. The van der Waals surface area contributed by atoms with Gasteiger partial charge in [0, 0.05) is 0 Å². The molecule has 0 aromatic heterocycles. The molecule has 5 heteroatoms. The van der Waals surface area contributed by atoms with Gasteiger partial charge in [-0.05, 0) is 19.8 Å². The first kappa shape index (κ1) is 14.9. The predicted molar refractivity (Wildman–Crippen MR) is 56.5 cm³/mol. The highest BCUT2D eigenvalue weighted by Gasteiger charge is 2.52.